The third-order valence-corrected chi connectivity index (χ3v) is 6.22. The van der Waals surface area contributed by atoms with Gasteiger partial charge in [-0.2, -0.15) is 0 Å². The lowest BCUT2D eigenvalue weighted by Crippen LogP contribution is -2.15. The number of rotatable bonds is 10. The number of anilines is 1. The largest absolute Gasteiger partial charge is 0.486 e. The zero-order valence-corrected chi connectivity index (χ0v) is 19.5. The number of carbonyl (C=O) groups is 1. The second-order valence-electron chi connectivity index (χ2n) is 7.15. The molecule has 1 atom stereocenters. The van der Waals surface area contributed by atoms with E-state index in [0.29, 0.717) is 34.2 Å². The number of ether oxygens (including phenoxy) is 1. The minimum atomic E-state index is -0.0779. The van der Waals surface area contributed by atoms with E-state index in [2.05, 4.69) is 41.5 Å². The molecule has 0 aliphatic rings. The van der Waals surface area contributed by atoms with Gasteiger partial charge in [0.25, 0.3) is 0 Å². The summed E-state index contributed by atoms with van der Waals surface area (Å²) in [6.45, 7) is 7.36. The van der Waals surface area contributed by atoms with E-state index < -0.39 is 0 Å². The number of thioether (sulfide) groups is 1. The quantitative estimate of drug-likeness (QED) is 0.390. The second-order valence-corrected chi connectivity index (χ2v) is 8.53. The molecule has 6 nitrogen and oxygen atoms in total. The Morgan fingerprint density at radius 2 is 1.84 bits per heavy atom. The third-order valence-electron chi connectivity index (χ3n) is 5.00. The monoisotopic (exact) mass is 458 g/mol. The number of amides is 1. The molecule has 1 heterocycles. The zero-order chi connectivity index (χ0) is 22.2. The minimum Gasteiger partial charge on any atom is -0.486 e. The topological polar surface area (TPSA) is 69.0 Å². The van der Waals surface area contributed by atoms with Crippen LogP contribution in [0.3, 0.4) is 0 Å². The highest BCUT2D eigenvalue weighted by Crippen LogP contribution is 2.22. The Bertz CT molecular complexity index is 990. The molecule has 31 heavy (non-hydrogen) atoms. The molecule has 1 aromatic heterocycles. The molecule has 0 aliphatic heterocycles. The van der Waals surface area contributed by atoms with Crippen molar-refractivity contribution in [1.82, 2.24) is 14.8 Å². The van der Waals surface area contributed by atoms with Crippen LogP contribution in [-0.2, 0) is 17.9 Å². The van der Waals surface area contributed by atoms with Gasteiger partial charge in [-0.3, -0.25) is 4.79 Å². The Morgan fingerprint density at radius 3 is 2.48 bits per heavy atom. The van der Waals surface area contributed by atoms with Crippen molar-refractivity contribution >= 4 is 35.0 Å². The lowest BCUT2D eigenvalue weighted by Gasteiger charge is -2.11. The van der Waals surface area contributed by atoms with Crippen molar-refractivity contribution in [2.75, 3.05) is 11.1 Å². The van der Waals surface area contributed by atoms with Gasteiger partial charge in [0, 0.05) is 17.3 Å². The van der Waals surface area contributed by atoms with Gasteiger partial charge in [0.2, 0.25) is 5.91 Å². The molecule has 1 amide bonds. The van der Waals surface area contributed by atoms with E-state index in [1.165, 1.54) is 17.3 Å². The number of hydrogen-bond donors (Lipinski definition) is 1. The third kappa shape index (κ3) is 6.48. The maximum absolute atomic E-state index is 12.4. The number of hydrogen-bond acceptors (Lipinski definition) is 5. The van der Waals surface area contributed by atoms with E-state index in [-0.39, 0.29) is 18.3 Å². The molecule has 1 N–H and O–H groups in total. The summed E-state index contributed by atoms with van der Waals surface area (Å²) in [6, 6.07) is 15.2. The first kappa shape index (κ1) is 23.2. The Labute approximate surface area is 192 Å². The van der Waals surface area contributed by atoms with Gasteiger partial charge in [-0.25, -0.2) is 0 Å². The van der Waals surface area contributed by atoms with Crippen LogP contribution in [-0.4, -0.2) is 26.4 Å². The molecule has 0 spiro atoms. The van der Waals surface area contributed by atoms with Crippen LogP contribution < -0.4 is 10.1 Å². The Balaban J connectivity index is 1.53. The SMILES string of the molecule is CC[C@@H](C)c1ccc(NC(=O)CSc2nnc(COc3ccc(Cl)cc3)n2CC)cc1. The molecule has 2 aromatic carbocycles. The van der Waals surface area contributed by atoms with E-state index in [9.17, 15) is 4.79 Å². The van der Waals surface area contributed by atoms with Gasteiger partial charge in [-0.1, -0.05) is 49.3 Å². The molecule has 164 valence electrons. The van der Waals surface area contributed by atoms with Crippen molar-refractivity contribution in [3.8, 4) is 5.75 Å². The summed E-state index contributed by atoms with van der Waals surface area (Å²) in [5, 5.41) is 12.7. The summed E-state index contributed by atoms with van der Waals surface area (Å²) < 4.78 is 7.72. The van der Waals surface area contributed by atoms with Gasteiger partial charge in [0.1, 0.15) is 12.4 Å². The van der Waals surface area contributed by atoms with Crippen molar-refractivity contribution in [3.63, 3.8) is 0 Å². The lowest BCUT2D eigenvalue weighted by atomic mass is 9.99. The van der Waals surface area contributed by atoms with Crippen LogP contribution in [0.25, 0.3) is 0 Å². The normalized spacial score (nSPS) is 11.9. The smallest absolute Gasteiger partial charge is 0.234 e. The van der Waals surface area contributed by atoms with E-state index >= 15 is 0 Å². The molecule has 0 fully saturated rings. The summed E-state index contributed by atoms with van der Waals surface area (Å²) in [5.41, 5.74) is 2.07. The van der Waals surface area contributed by atoms with Gasteiger partial charge >= 0.3 is 0 Å². The molecule has 3 rings (SSSR count). The molecule has 0 saturated carbocycles. The molecule has 0 radical (unpaired) electrons. The first-order valence-electron chi connectivity index (χ1n) is 10.3. The summed E-state index contributed by atoms with van der Waals surface area (Å²) in [5.74, 6) is 2.11. The summed E-state index contributed by atoms with van der Waals surface area (Å²) in [7, 11) is 0. The van der Waals surface area contributed by atoms with Gasteiger partial charge in [0.05, 0.1) is 5.75 Å². The summed E-state index contributed by atoms with van der Waals surface area (Å²) >= 11 is 7.26. The van der Waals surface area contributed by atoms with Crippen molar-refractivity contribution in [2.45, 2.75) is 51.4 Å². The summed E-state index contributed by atoms with van der Waals surface area (Å²) in [4.78, 5) is 12.4. The van der Waals surface area contributed by atoms with Crippen LogP contribution >= 0.6 is 23.4 Å². The van der Waals surface area contributed by atoms with Crippen molar-refractivity contribution < 1.29 is 9.53 Å². The molecular formula is C23H27ClN4O2S. The maximum atomic E-state index is 12.4. The van der Waals surface area contributed by atoms with Crippen LogP contribution in [0.5, 0.6) is 5.75 Å². The van der Waals surface area contributed by atoms with Crippen LogP contribution in [0.2, 0.25) is 5.02 Å². The Kier molecular flexibility index (Phi) is 8.37. The maximum Gasteiger partial charge on any atom is 0.234 e. The van der Waals surface area contributed by atoms with E-state index in [1.807, 2.05) is 35.8 Å². The first-order valence-corrected chi connectivity index (χ1v) is 11.7. The fraction of sp³-hybridized carbons (Fsp3) is 0.348. The van der Waals surface area contributed by atoms with Crippen LogP contribution in [0.4, 0.5) is 5.69 Å². The number of aromatic nitrogens is 3. The number of halogens is 1. The molecule has 0 aliphatic carbocycles. The van der Waals surface area contributed by atoms with Gasteiger partial charge in [-0.15, -0.1) is 10.2 Å². The van der Waals surface area contributed by atoms with Gasteiger partial charge in [-0.05, 0) is 61.2 Å². The van der Waals surface area contributed by atoms with Crippen LogP contribution in [0, 0.1) is 0 Å². The minimum absolute atomic E-state index is 0.0779. The second kappa shape index (κ2) is 11.2. The average molecular weight is 459 g/mol. The van der Waals surface area contributed by atoms with Crippen LogP contribution in [0.15, 0.2) is 53.7 Å². The molecular weight excluding hydrogens is 432 g/mol. The highest BCUT2D eigenvalue weighted by Gasteiger charge is 2.14. The van der Waals surface area contributed by atoms with E-state index in [4.69, 9.17) is 16.3 Å². The lowest BCUT2D eigenvalue weighted by molar-refractivity contribution is -0.113. The highest BCUT2D eigenvalue weighted by molar-refractivity contribution is 7.99. The summed E-state index contributed by atoms with van der Waals surface area (Å²) in [6.07, 6.45) is 1.09. The number of nitrogens with one attached hydrogen (secondary N) is 1. The molecule has 8 heteroatoms. The fourth-order valence-electron chi connectivity index (χ4n) is 2.99. The van der Waals surface area contributed by atoms with Gasteiger partial charge in [0.15, 0.2) is 11.0 Å². The number of benzene rings is 2. The predicted molar refractivity (Wildman–Crippen MR) is 126 cm³/mol. The van der Waals surface area contributed by atoms with Crippen LogP contribution in [0.1, 0.15) is 44.5 Å². The molecule has 3 aromatic rings. The average Bonchev–Trinajstić information content (AvgIpc) is 3.19. The predicted octanol–water partition coefficient (Wildman–Crippen LogP) is 5.77. The van der Waals surface area contributed by atoms with Gasteiger partial charge < -0.3 is 14.6 Å². The zero-order valence-electron chi connectivity index (χ0n) is 18.0. The molecule has 0 saturated heterocycles. The van der Waals surface area contributed by atoms with Crippen molar-refractivity contribution in [3.05, 3.63) is 64.9 Å². The van der Waals surface area contributed by atoms with Crippen molar-refractivity contribution in [1.29, 1.82) is 0 Å². The van der Waals surface area contributed by atoms with Crippen molar-refractivity contribution in [2.24, 2.45) is 0 Å². The Morgan fingerprint density at radius 1 is 1.13 bits per heavy atom. The molecule has 0 unspecified atom stereocenters. The fourth-order valence-corrected chi connectivity index (χ4v) is 3.93. The number of nitrogens with zero attached hydrogens (tertiary/aromatic N) is 3. The van der Waals surface area contributed by atoms with E-state index in [0.717, 1.165) is 12.1 Å². The van der Waals surface area contributed by atoms with E-state index in [1.54, 1.807) is 12.1 Å². The highest BCUT2D eigenvalue weighted by atomic mass is 35.5. The first-order chi connectivity index (χ1) is 15.0. The Hall–Kier alpha value is -2.51. The number of carbonyl (C=O) groups excluding carboxylic acids is 1. The standard InChI is InChI=1S/C23H27ClN4O2S/c1-4-16(3)17-6-10-19(11-7-17)25-22(29)15-31-23-27-26-21(28(23)5-2)14-30-20-12-8-18(24)9-13-20/h6-13,16H,4-5,14-15H2,1-3H3,(H,25,29)/t16-/m1/s1. The molecule has 0 bridgehead atoms.